The monoisotopic (exact) mass is 341 g/mol. The Bertz CT molecular complexity index is 729. The number of ketones is 1. The van der Waals surface area contributed by atoms with Crippen LogP contribution in [0.25, 0.3) is 0 Å². The molecule has 0 atom stereocenters. The van der Waals surface area contributed by atoms with Crippen LogP contribution < -0.4 is 4.74 Å². The largest absolute Gasteiger partial charge is 0.497 e. The first kappa shape index (κ1) is 17.1. The molecule has 0 bridgehead atoms. The van der Waals surface area contributed by atoms with Gasteiger partial charge in [-0.2, -0.15) is 0 Å². The first-order valence-electron chi connectivity index (χ1n) is 8.34. The zero-order valence-corrected chi connectivity index (χ0v) is 15.1. The standard InChI is InChI=1S/C20H23NO2S/c1-3-19(22)16-6-4-5-15(11-16)13-21-9-10-24-20-8-7-18(23-2)12-17(20)14-21/h4-8,11-12H,3,9-10,13-14H2,1-2H3. The predicted molar refractivity (Wildman–Crippen MR) is 98.9 cm³/mol. The van der Waals surface area contributed by atoms with Gasteiger partial charge in [-0.05, 0) is 35.4 Å². The van der Waals surface area contributed by atoms with Gasteiger partial charge in [-0.1, -0.05) is 25.1 Å². The van der Waals surface area contributed by atoms with Gasteiger partial charge in [0.2, 0.25) is 0 Å². The lowest BCUT2D eigenvalue weighted by Gasteiger charge is -2.20. The molecule has 4 heteroatoms. The van der Waals surface area contributed by atoms with Crippen LogP contribution in [-0.4, -0.2) is 30.1 Å². The molecule has 2 aromatic carbocycles. The second-order valence-electron chi connectivity index (χ2n) is 6.01. The molecule has 126 valence electrons. The number of thioether (sulfide) groups is 1. The highest BCUT2D eigenvalue weighted by Crippen LogP contribution is 2.31. The van der Waals surface area contributed by atoms with E-state index < -0.39 is 0 Å². The molecule has 0 aliphatic carbocycles. The van der Waals surface area contributed by atoms with Gasteiger partial charge in [-0.3, -0.25) is 9.69 Å². The maximum absolute atomic E-state index is 11.9. The van der Waals surface area contributed by atoms with E-state index in [-0.39, 0.29) is 5.78 Å². The van der Waals surface area contributed by atoms with Crippen molar-refractivity contribution < 1.29 is 9.53 Å². The highest BCUT2D eigenvalue weighted by atomic mass is 32.2. The first-order chi connectivity index (χ1) is 11.7. The zero-order valence-electron chi connectivity index (χ0n) is 14.2. The van der Waals surface area contributed by atoms with E-state index in [0.717, 1.165) is 36.7 Å². The number of methoxy groups -OCH3 is 1. The number of hydrogen-bond acceptors (Lipinski definition) is 4. The summed E-state index contributed by atoms with van der Waals surface area (Å²) in [5, 5.41) is 0. The van der Waals surface area contributed by atoms with E-state index in [1.807, 2.05) is 43.0 Å². The van der Waals surface area contributed by atoms with Crippen molar-refractivity contribution in [2.45, 2.75) is 31.3 Å². The highest BCUT2D eigenvalue weighted by Gasteiger charge is 2.16. The Morgan fingerprint density at radius 2 is 2.12 bits per heavy atom. The maximum Gasteiger partial charge on any atom is 0.162 e. The van der Waals surface area contributed by atoms with Crippen molar-refractivity contribution in [2.75, 3.05) is 19.4 Å². The van der Waals surface area contributed by atoms with E-state index in [4.69, 9.17) is 4.74 Å². The normalized spacial score (nSPS) is 14.8. The van der Waals surface area contributed by atoms with Crippen molar-refractivity contribution >= 4 is 17.5 Å². The van der Waals surface area contributed by atoms with Gasteiger partial charge in [0.1, 0.15) is 5.75 Å². The topological polar surface area (TPSA) is 29.5 Å². The van der Waals surface area contributed by atoms with E-state index in [9.17, 15) is 4.79 Å². The quantitative estimate of drug-likeness (QED) is 0.754. The van der Waals surface area contributed by atoms with Crippen molar-refractivity contribution in [3.8, 4) is 5.75 Å². The van der Waals surface area contributed by atoms with Gasteiger partial charge >= 0.3 is 0 Å². The first-order valence-corrected chi connectivity index (χ1v) is 9.32. The van der Waals surface area contributed by atoms with Crippen LogP contribution in [0.15, 0.2) is 47.4 Å². The maximum atomic E-state index is 11.9. The van der Waals surface area contributed by atoms with Gasteiger partial charge in [-0.25, -0.2) is 0 Å². The van der Waals surface area contributed by atoms with E-state index in [1.165, 1.54) is 16.0 Å². The molecule has 0 saturated carbocycles. The smallest absolute Gasteiger partial charge is 0.162 e. The molecule has 0 aromatic heterocycles. The number of carbonyl (C=O) groups is 1. The summed E-state index contributed by atoms with van der Waals surface area (Å²) in [5.41, 5.74) is 3.34. The molecule has 1 aliphatic heterocycles. The molecular weight excluding hydrogens is 318 g/mol. The van der Waals surface area contributed by atoms with Gasteiger partial charge in [0, 0.05) is 42.3 Å². The second-order valence-corrected chi connectivity index (χ2v) is 7.15. The minimum absolute atomic E-state index is 0.207. The molecule has 3 nitrogen and oxygen atoms in total. The number of Topliss-reactive ketones (excluding diaryl/α,β-unsaturated/α-hetero) is 1. The number of nitrogens with zero attached hydrogens (tertiary/aromatic N) is 1. The minimum atomic E-state index is 0.207. The predicted octanol–water partition coefficient (Wildman–Crippen LogP) is 4.40. The lowest BCUT2D eigenvalue weighted by Crippen LogP contribution is -2.24. The summed E-state index contributed by atoms with van der Waals surface area (Å²) in [6, 6.07) is 14.4. The summed E-state index contributed by atoms with van der Waals surface area (Å²) in [6.07, 6.45) is 0.553. The number of hydrogen-bond donors (Lipinski definition) is 0. The van der Waals surface area contributed by atoms with Crippen molar-refractivity contribution in [3.05, 3.63) is 59.2 Å². The SMILES string of the molecule is CCC(=O)c1cccc(CN2CCSc3ccc(OC)cc3C2)c1. The Morgan fingerprint density at radius 1 is 1.25 bits per heavy atom. The molecule has 0 unspecified atom stereocenters. The lowest BCUT2D eigenvalue weighted by atomic mass is 10.1. The third-order valence-electron chi connectivity index (χ3n) is 4.30. The second kappa shape index (κ2) is 7.86. The molecular formula is C20H23NO2S. The van der Waals surface area contributed by atoms with E-state index in [2.05, 4.69) is 23.1 Å². The van der Waals surface area contributed by atoms with Crippen molar-refractivity contribution in [2.24, 2.45) is 0 Å². The molecule has 3 rings (SSSR count). The summed E-state index contributed by atoms with van der Waals surface area (Å²) in [5.74, 6) is 2.19. The number of benzene rings is 2. The van der Waals surface area contributed by atoms with Gasteiger partial charge in [0.25, 0.3) is 0 Å². The van der Waals surface area contributed by atoms with Crippen molar-refractivity contribution in [3.63, 3.8) is 0 Å². The van der Waals surface area contributed by atoms with Gasteiger partial charge in [-0.15, -0.1) is 11.8 Å². The van der Waals surface area contributed by atoms with E-state index in [1.54, 1.807) is 7.11 Å². The lowest BCUT2D eigenvalue weighted by molar-refractivity contribution is 0.0988. The zero-order chi connectivity index (χ0) is 16.9. The molecule has 24 heavy (non-hydrogen) atoms. The Hall–Kier alpha value is -1.78. The van der Waals surface area contributed by atoms with Crippen LogP contribution in [0.3, 0.4) is 0 Å². The number of ether oxygens (including phenoxy) is 1. The van der Waals surface area contributed by atoms with E-state index >= 15 is 0 Å². The van der Waals surface area contributed by atoms with Crippen LogP contribution in [0.2, 0.25) is 0 Å². The molecule has 0 spiro atoms. The van der Waals surface area contributed by atoms with Crippen LogP contribution in [0.5, 0.6) is 5.75 Å². The number of rotatable bonds is 5. The highest BCUT2D eigenvalue weighted by molar-refractivity contribution is 7.99. The van der Waals surface area contributed by atoms with Crippen LogP contribution in [0.4, 0.5) is 0 Å². The Balaban J connectivity index is 1.77. The number of carbonyl (C=O) groups excluding carboxylic acids is 1. The molecule has 0 amide bonds. The van der Waals surface area contributed by atoms with Gasteiger partial charge in [0.15, 0.2) is 5.78 Å². The van der Waals surface area contributed by atoms with Crippen LogP contribution >= 0.6 is 11.8 Å². The van der Waals surface area contributed by atoms with E-state index in [0.29, 0.717) is 6.42 Å². The third kappa shape index (κ3) is 4.00. The van der Waals surface area contributed by atoms with Crippen LogP contribution in [0.1, 0.15) is 34.8 Å². The summed E-state index contributed by atoms with van der Waals surface area (Å²) in [7, 11) is 1.71. The fourth-order valence-corrected chi connectivity index (χ4v) is 4.03. The Morgan fingerprint density at radius 3 is 2.92 bits per heavy atom. The molecule has 0 fully saturated rings. The van der Waals surface area contributed by atoms with Crippen LogP contribution in [-0.2, 0) is 13.1 Å². The third-order valence-corrected chi connectivity index (χ3v) is 5.40. The van der Waals surface area contributed by atoms with Crippen LogP contribution in [0, 0.1) is 0 Å². The summed E-state index contributed by atoms with van der Waals surface area (Å²) < 4.78 is 5.36. The average Bonchev–Trinajstić information content (AvgIpc) is 2.82. The van der Waals surface area contributed by atoms with Crippen molar-refractivity contribution in [1.29, 1.82) is 0 Å². The molecule has 1 aliphatic rings. The summed E-state index contributed by atoms with van der Waals surface area (Å²) in [6.45, 7) is 4.71. The summed E-state index contributed by atoms with van der Waals surface area (Å²) in [4.78, 5) is 15.7. The Kier molecular flexibility index (Phi) is 5.59. The summed E-state index contributed by atoms with van der Waals surface area (Å²) >= 11 is 1.90. The fraction of sp³-hybridized carbons (Fsp3) is 0.350. The Labute approximate surface area is 148 Å². The molecule has 0 N–H and O–H groups in total. The number of fused-ring (bicyclic) bond motifs is 1. The van der Waals surface area contributed by atoms with Gasteiger partial charge in [0.05, 0.1) is 7.11 Å². The molecule has 0 saturated heterocycles. The minimum Gasteiger partial charge on any atom is -0.497 e. The average molecular weight is 341 g/mol. The molecule has 2 aromatic rings. The van der Waals surface area contributed by atoms with Gasteiger partial charge < -0.3 is 4.74 Å². The molecule has 0 radical (unpaired) electrons. The molecule has 1 heterocycles. The van der Waals surface area contributed by atoms with Crippen molar-refractivity contribution in [1.82, 2.24) is 4.90 Å². The fourth-order valence-electron chi connectivity index (χ4n) is 2.99.